The van der Waals surface area contributed by atoms with E-state index >= 15 is 0 Å². The van der Waals surface area contributed by atoms with Crippen LogP contribution in [0.1, 0.15) is 43.1 Å². The Balaban J connectivity index is 2.03. The van der Waals surface area contributed by atoms with Gasteiger partial charge in [-0.2, -0.15) is 0 Å². The molecule has 0 bridgehead atoms. The number of fused-ring (bicyclic) bond motifs is 1. The van der Waals surface area contributed by atoms with E-state index in [0.717, 1.165) is 5.69 Å². The van der Waals surface area contributed by atoms with Gasteiger partial charge in [-0.1, -0.05) is 44.2 Å². The Morgan fingerprint density at radius 2 is 2.05 bits per heavy atom. The number of aromatic nitrogens is 1. The Kier molecular flexibility index (Phi) is 3.55. The van der Waals surface area contributed by atoms with Crippen LogP contribution in [0.5, 0.6) is 0 Å². The average Bonchev–Trinajstić information content (AvgIpc) is 2.86. The molecule has 0 radical (unpaired) electrons. The van der Waals surface area contributed by atoms with Gasteiger partial charge in [0.1, 0.15) is 5.82 Å². The first-order valence-corrected chi connectivity index (χ1v) is 7.54. The summed E-state index contributed by atoms with van der Waals surface area (Å²) in [6.07, 6.45) is 0.190. The van der Waals surface area contributed by atoms with Crippen molar-refractivity contribution in [1.82, 2.24) is 4.57 Å². The summed E-state index contributed by atoms with van der Waals surface area (Å²) in [5.41, 5.74) is 2.62. The minimum absolute atomic E-state index is 0.0254. The zero-order valence-corrected chi connectivity index (χ0v) is 12.8. The molecule has 1 aliphatic rings. The predicted octanol–water partition coefficient (Wildman–Crippen LogP) is 3.82. The molecule has 2 aromatic rings. The van der Waals surface area contributed by atoms with Crippen molar-refractivity contribution in [2.24, 2.45) is 5.41 Å². The summed E-state index contributed by atoms with van der Waals surface area (Å²) in [4.78, 5) is 10.8. The van der Waals surface area contributed by atoms with E-state index in [0.29, 0.717) is 12.2 Å². The van der Waals surface area contributed by atoms with Gasteiger partial charge in [0, 0.05) is 24.6 Å². The number of halogens is 1. The molecule has 1 unspecified atom stereocenters. The van der Waals surface area contributed by atoms with Gasteiger partial charge in [-0.3, -0.25) is 4.79 Å². The van der Waals surface area contributed by atoms with Crippen LogP contribution in [0.3, 0.4) is 0 Å². The largest absolute Gasteiger partial charge is 0.481 e. The SMILES string of the molecule is CC1(C)Cn2c(cc(F)c2CCC(=O)O)C1c1ccccc1. The molecule has 4 heteroatoms. The van der Waals surface area contributed by atoms with Crippen LogP contribution in [-0.4, -0.2) is 15.6 Å². The van der Waals surface area contributed by atoms with E-state index in [-0.39, 0.29) is 30.0 Å². The van der Waals surface area contributed by atoms with E-state index in [1.807, 2.05) is 22.8 Å². The fraction of sp³-hybridized carbons (Fsp3) is 0.389. The summed E-state index contributed by atoms with van der Waals surface area (Å²) in [7, 11) is 0. The second kappa shape index (κ2) is 5.27. The van der Waals surface area contributed by atoms with Crippen molar-refractivity contribution in [2.45, 2.75) is 39.2 Å². The Labute approximate surface area is 129 Å². The lowest BCUT2D eigenvalue weighted by atomic mass is 9.76. The maximum atomic E-state index is 14.3. The summed E-state index contributed by atoms with van der Waals surface area (Å²) < 4.78 is 16.3. The van der Waals surface area contributed by atoms with Crippen molar-refractivity contribution in [3.8, 4) is 0 Å². The van der Waals surface area contributed by atoms with Gasteiger partial charge >= 0.3 is 5.97 Å². The Bertz CT molecular complexity index is 703. The zero-order chi connectivity index (χ0) is 15.9. The van der Waals surface area contributed by atoms with Crippen LogP contribution in [0, 0.1) is 11.2 Å². The lowest BCUT2D eigenvalue weighted by molar-refractivity contribution is -0.137. The Hall–Kier alpha value is -2.10. The van der Waals surface area contributed by atoms with Crippen molar-refractivity contribution in [3.63, 3.8) is 0 Å². The van der Waals surface area contributed by atoms with E-state index in [4.69, 9.17) is 5.11 Å². The molecule has 1 aliphatic heterocycles. The Morgan fingerprint density at radius 3 is 2.68 bits per heavy atom. The standard InChI is InChI=1S/C18H20FNO2/c1-18(2)11-20-14(8-9-16(21)22)13(19)10-15(20)17(18)12-6-4-3-5-7-12/h3-7,10,17H,8-9,11H2,1-2H3,(H,21,22). The smallest absolute Gasteiger partial charge is 0.303 e. The summed E-state index contributed by atoms with van der Waals surface area (Å²) >= 11 is 0. The van der Waals surface area contributed by atoms with E-state index in [2.05, 4.69) is 26.0 Å². The van der Waals surface area contributed by atoms with Crippen LogP contribution < -0.4 is 0 Å². The van der Waals surface area contributed by atoms with Crippen LogP contribution in [0.2, 0.25) is 0 Å². The van der Waals surface area contributed by atoms with Crippen molar-refractivity contribution in [3.05, 3.63) is 59.2 Å². The van der Waals surface area contributed by atoms with Crippen molar-refractivity contribution in [2.75, 3.05) is 0 Å². The first-order valence-electron chi connectivity index (χ1n) is 7.54. The molecule has 3 rings (SSSR count). The number of nitrogens with zero attached hydrogens (tertiary/aromatic N) is 1. The molecule has 1 atom stereocenters. The van der Waals surface area contributed by atoms with Gasteiger partial charge in [-0.25, -0.2) is 4.39 Å². The normalized spacial score (nSPS) is 19.1. The van der Waals surface area contributed by atoms with Crippen LogP contribution in [0.15, 0.2) is 36.4 Å². The quantitative estimate of drug-likeness (QED) is 0.933. The zero-order valence-electron chi connectivity index (χ0n) is 12.8. The minimum atomic E-state index is -0.896. The maximum absolute atomic E-state index is 14.3. The minimum Gasteiger partial charge on any atom is -0.481 e. The fourth-order valence-corrected chi connectivity index (χ4v) is 3.65. The van der Waals surface area contributed by atoms with Crippen molar-refractivity contribution >= 4 is 5.97 Å². The fourth-order valence-electron chi connectivity index (χ4n) is 3.65. The Morgan fingerprint density at radius 1 is 1.36 bits per heavy atom. The third kappa shape index (κ3) is 2.43. The highest BCUT2D eigenvalue weighted by molar-refractivity contribution is 5.67. The number of hydrogen-bond donors (Lipinski definition) is 1. The average molecular weight is 301 g/mol. The van der Waals surface area contributed by atoms with Crippen molar-refractivity contribution < 1.29 is 14.3 Å². The van der Waals surface area contributed by atoms with E-state index < -0.39 is 5.97 Å². The molecule has 0 aliphatic carbocycles. The second-order valence-corrected chi connectivity index (χ2v) is 6.68. The molecule has 0 saturated carbocycles. The lowest BCUT2D eigenvalue weighted by Gasteiger charge is -2.26. The molecule has 3 nitrogen and oxygen atoms in total. The molecule has 1 aromatic heterocycles. The molecular formula is C18H20FNO2. The highest BCUT2D eigenvalue weighted by Crippen LogP contribution is 2.48. The number of carboxylic acid groups (broad SMARTS) is 1. The monoisotopic (exact) mass is 301 g/mol. The molecule has 1 N–H and O–H groups in total. The molecule has 0 saturated heterocycles. The van der Waals surface area contributed by atoms with Gasteiger partial charge in [0.25, 0.3) is 0 Å². The molecule has 116 valence electrons. The second-order valence-electron chi connectivity index (χ2n) is 6.68. The number of carboxylic acids is 1. The number of hydrogen-bond acceptors (Lipinski definition) is 1. The summed E-state index contributed by atoms with van der Waals surface area (Å²) in [5.74, 6) is -1.05. The van der Waals surface area contributed by atoms with Gasteiger partial charge in [0.15, 0.2) is 0 Å². The predicted molar refractivity (Wildman–Crippen MR) is 82.4 cm³/mol. The van der Waals surface area contributed by atoms with Crippen LogP contribution in [0.25, 0.3) is 0 Å². The molecule has 0 spiro atoms. The van der Waals surface area contributed by atoms with Crippen molar-refractivity contribution in [1.29, 1.82) is 0 Å². The molecular weight excluding hydrogens is 281 g/mol. The lowest BCUT2D eigenvalue weighted by Crippen LogP contribution is -2.20. The first kappa shape index (κ1) is 14.8. The molecule has 1 aromatic carbocycles. The maximum Gasteiger partial charge on any atom is 0.303 e. The molecule has 0 amide bonds. The molecule has 0 fully saturated rings. The van der Waals surface area contributed by atoms with Gasteiger partial charge < -0.3 is 9.67 Å². The molecule has 22 heavy (non-hydrogen) atoms. The van der Waals surface area contributed by atoms with Crippen LogP contribution >= 0.6 is 0 Å². The first-order chi connectivity index (χ1) is 10.4. The van der Waals surface area contributed by atoms with Crippen LogP contribution in [-0.2, 0) is 17.8 Å². The third-order valence-corrected chi connectivity index (χ3v) is 4.54. The van der Waals surface area contributed by atoms with E-state index in [1.54, 1.807) is 6.07 Å². The summed E-state index contributed by atoms with van der Waals surface area (Å²) in [5, 5.41) is 8.85. The van der Waals surface area contributed by atoms with E-state index in [9.17, 15) is 9.18 Å². The number of carbonyl (C=O) groups is 1. The number of benzene rings is 1. The number of aliphatic carboxylic acids is 1. The highest BCUT2D eigenvalue weighted by atomic mass is 19.1. The summed E-state index contributed by atoms with van der Waals surface area (Å²) in [6.45, 7) is 5.06. The molecule has 2 heterocycles. The summed E-state index contributed by atoms with van der Waals surface area (Å²) in [6, 6.07) is 11.7. The third-order valence-electron chi connectivity index (χ3n) is 4.54. The van der Waals surface area contributed by atoms with Gasteiger partial charge in [0.2, 0.25) is 0 Å². The van der Waals surface area contributed by atoms with Gasteiger partial charge in [0.05, 0.1) is 12.1 Å². The van der Waals surface area contributed by atoms with E-state index in [1.165, 1.54) is 5.56 Å². The highest BCUT2D eigenvalue weighted by Gasteiger charge is 2.42. The van der Waals surface area contributed by atoms with Crippen LogP contribution in [0.4, 0.5) is 4.39 Å². The topological polar surface area (TPSA) is 42.2 Å². The number of rotatable bonds is 4. The van der Waals surface area contributed by atoms with Gasteiger partial charge in [-0.15, -0.1) is 0 Å². The van der Waals surface area contributed by atoms with Gasteiger partial charge in [-0.05, 0) is 17.0 Å².